The van der Waals surface area contributed by atoms with Crippen LogP contribution in [0.5, 0.6) is 0 Å². The molecule has 0 bridgehead atoms. The summed E-state index contributed by atoms with van der Waals surface area (Å²) in [5, 5.41) is 13.9. The van der Waals surface area contributed by atoms with E-state index >= 15 is 0 Å². The Bertz CT molecular complexity index is 1310. The molecule has 0 saturated carbocycles. The number of quaternary nitrogens is 1. The van der Waals surface area contributed by atoms with Gasteiger partial charge < -0.3 is 28.8 Å². The lowest BCUT2D eigenvalue weighted by Crippen LogP contribution is -2.45. The van der Waals surface area contributed by atoms with Gasteiger partial charge in [0, 0.05) is 6.42 Å². The van der Waals surface area contributed by atoms with Crippen molar-refractivity contribution in [1.82, 2.24) is 5.32 Å². The van der Waals surface area contributed by atoms with Crippen LogP contribution in [0.4, 0.5) is 0 Å². The first kappa shape index (κ1) is 70.5. The molecule has 0 radical (unpaired) electrons. The van der Waals surface area contributed by atoms with Crippen molar-refractivity contribution in [3.63, 3.8) is 0 Å². The molecule has 0 aliphatic heterocycles. The minimum Gasteiger partial charge on any atom is -0.756 e. The van der Waals surface area contributed by atoms with Gasteiger partial charge in [0.25, 0.3) is 7.82 Å². The standard InChI is InChI=1S/C63H121N2O6P/c1-6-8-10-12-14-16-18-20-21-22-23-24-25-26-27-28-29-30-31-32-33-34-35-36-37-38-39-40-41-42-43-45-47-49-51-53-55-57-63(67)64-61(60-71-72(68,69)70-59-58-65(3,4)5)62(66)56-54-52-50-48-46-44-19-17-15-13-11-9-7-2/h18,20,22-23,25-26,54,56,61-62,66H,6-17,19,21,24,27-53,55,57-60H2,1-5H3,(H-,64,67,68,69)/b20-18-,23-22-,26-25-,56-54+. The first-order chi connectivity index (χ1) is 35.0. The zero-order valence-electron chi connectivity index (χ0n) is 48.4. The second kappa shape index (κ2) is 54.3. The molecule has 0 spiro atoms. The number of aliphatic hydroxyl groups is 1. The van der Waals surface area contributed by atoms with Crippen molar-refractivity contribution in [2.75, 3.05) is 40.9 Å². The molecule has 2 N–H and O–H groups in total. The van der Waals surface area contributed by atoms with E-state index in [-0.39, 0.29) is 19.1 Å². The van der Waals surface area contributed by atoms with Crippen LogP contribution in [0.2, 0.25) is 0 Å². The molecule has 9 heteroatoms. The number of phosphoric ester groups is 1. The van der Waals surface area contributed by atoms with Crippen LogP contribution >= 0.6 is 7.82 Å². The number of likely N-dealkylation sites (N-methyl/N-ethyl adjacent to an activating group) is 1. The number of aliphatic hydroxyl groups excluding tert-OH is 1. The fourth-order valence-corrected chi connectivity index (χ4v) is 9.89. The fraction of sp³-hybridized carbons (Fsp3) is 0.857. The Labute approximate surface area is 448 Å². The highest BCUT2D eigenvalue weighted by atomic mass is 31.2. The van der Waals surface area contributed by atoms with Gasteiger partial charge >= 0.3 is 0 Å². The predicted octanol–water partition coefficient (Wildman–Crippen LogP) is 18.5. The molecule has 0 rings (SSSR count). The minimum atomic E-state index is -4.59. The summed E-state index contributed by atoms with van der Waals surface area (Å²) in [6.07, 6.45) is 72.2. The van der Waals surface area contributed by atoms with E-state index in [9.17, 15) is 19.4 Å². The number of carbonyl (C=O) groups excluding carboxylic acids is 1. The number of unbranched alkanes of at least 4 members (excludes halogenated alkanes) is 38. The number of allylic oxidation sites excluding steroid dienone is 7. The van der Waals surface area contributed by atoms with Crippen molar-refractivity contribution < 1.29 is 32.9 Å². The lowest BCUT2D eigenvalue weighted by Gasteiger charge is -2.29. The smallest absolute Gasteiger partial charge is 0.268 e. The number of phosphoric acid groups is 1. The molecule has 3 atom stereocenters. The first-order valence-corrected chi connectivity index (χ1v) is 32.5. The average Bonchev–Trinajstić information content (AvgIpc) is 3.34. The summed E-state index contributed by atoms with van der Waals surface area (Å²) in [4.78, 5) is 25.5. The van der Waals surface area contributed by atoms with Gasteiger partial charge in [-0.05, 0) is 57.8 Å². The summed E-state index contributed by atoms with van der Waals surface area (Å²) in [5.41, 5.74) is 0. The molecule has 0 aromatic rings. The number of amides is 1. The summed E-state index contributed by atoms with van der Waals surface area (Å²) in [7, 11) is 1.27. The highest BCUT2D eigenvalue weighted by Gasteiger charge is 2.23. The van der Waals surface area contributed by atoms with Gasteiger partial charge in [-0.2, -0.15) is 0 Å². The number of nitrogens with zero attached hydrogens (tertiary/aromatic N) is 1. The SMILES string of the molecule is CCCCCCC/C=C\C/C=C\C/C=C\CCCCCCCCCCCCCCCCCCCCCCCCC(=O)NC(COP(=O)([O-])OCC[N+](C)(C)C)C(O)/C=C/CCCCCCCCCCCCC. The van der Waals surface area contributed by atoms with Crippen molar-refractivity contribution in [1.29, 1.82) is 0 Å². The number of carbonyl (C=O) groups is 1. The lowest BCUT2D eigenvalue weighted by atomic mass is 10.0. The number of hydrogen-bond acceptors (Lipinski definition) is 6. The van der Waals surface area contributed by atoms with E-state index in [0.717, 1.165) is 51.4 Å². The minimum absolute atomic E-state index is 0.000187. The Morgan fingerprint density at radius 1 is 0.486 bits per heavy atom. The van der Waals surface area contributed by atoms with Gasteiger partial charge in [0.1, 0.15) is 13.2 Å². The summed E-state index contributed by atoms with van der Waals surface area (Å²) in [6, 6.07) is -0.884. The van der Waals surface area contributed by atoms with Crippen molar-refractivity contribution in [3.8, 4) is 0 Å². The van der Waals surface area contributed by atoms with Crippen LogP contribution in [0.1, 0.15) is 296 Å². The summed E-state index contributed by atoms with van der Waals surface area (Å²) in [5.74, 6) is -0.194. The van der Waals surface area contributed by atoms with Crippen LogP contribution in [0.25, 0.3) is 0 Å². The van der Waals surface area contributed by atoms with E-state index in [4.69, 9.17) is 9.05 Å². The summed E-state index contributed by atoms with van der Waals surface area (Å²) in [6.45, 7) is 4.65. The Kier molecular flexibility index (Phi) is 53.1. The second-order valence-electron chi connectivity index (χ2n) is 22.4. The molecule has 0 heterocycles. The van der Waals surface area contributed by atoms with Gasteiger partial charge in [-0.15, -0.1) is 0 Å². The molecule has 1 amide bonds. The highest BCUT2D eigenvalue weighted by Crippen LogP contribution is 2.38. The topological polar surface area (TPSA) is 108 Å². The van der Waals surface area contributed by atoms with E-state index in [2.05, 4.69) is 55.6 Å². The highest BCUT2D eigenvalue weighted by molar-refractivity contribution is 7.45. The third kappa shape index (κ3) is 56.2. The maximum Gasteiger partial charge on any atom is 0.268 e. The number of hydrogen-bond donors (Lipinski definition) is 2. The van der Waals surface area contributed by atoms with Gasteiger partial charge in [0.2, 0.25) is 5.91 Å². The van der Waals surface area contributed by atoms with Crippen LogP contribution in [0.15, 0.2) is 48.6 Å². The van der Waals surface area contributed by atoms with Gasteiger partial charge in [-0.25, -0.2) is 0 Å². The lowest BCUT2D eigenvalue weighted by molar-refractivity contribution is -0.870. The Morgan fingerprint density at radius 2 is 0.806 bits per heavy atom. The van der Waals surface area contributed by atoms with Gasteiger partial charge in [0.15, 0.2) is 0 Å². The number of rotatable bonds is 57. The maximum atomic E-state index is 13.0. The molecule has 72 heavy (non-hydrogen) atoms. The second-order valence-corrected chi connectivity index (χ2v) is 23.8. The molecule has 3 unspecified atom stereocenters. The summed E-state index contributed by atoms with van der Waals surface area (Å²) < 4.78 is 23.3. The largest absolute Gasteiger partial charge is 0.756 e. The van der Waals surface area contributed by atoms with E-state index < -0.39 is 20.0 Å². The normalized spacial score (nSPS) is 14.2. The molecule has 0 aliphatic carbocycles. The molecule has 424 valence electrons. The van der Waals surface area contributed by atoms with Crippen molar-refractivity contribution >= 4 is 13.7 Å². The molecular formula is C63H121N2O6P. The molecule has 0 aromatic carbocycles. The molecular weight excluding hydrogens is 912 g/mol. The van der Waals surface area contributed by atoms with Crippen LogP contribution in [0.3, 0.4) is 0 Å². The molecule has 0 saturated heterocycles. The molecule has 8 nitrogen and oxygen atoms in total. The maximum absolute atomic E-state index is 13.0. The third-order valence-electron chi connectivity index (χ3n) is 14.0. The zero-order valence-corrected chi connectivity index (χ0v) is 49.3. The van der Waals surface area contributed by atoms with Crippen molar-refractivity contribution in [2.24, 2.45) is 0 Å². The molecule has 0 aliphatic rings. The van der Waals surface area contributed by atoms with Crippen LogP contribution in [0, 0.1) is 0 Å². The molecule has 0 aromatic heterocycles. The zero-order chi connectivity index (χ0) is 52.7. The van der Waals surface area contributed by atoms with Gasteiger partial charge in [0.05, 0.1) is 39.9 Å². The number of nitrogens with one attached hydrogen (secondary N) is 1. The quantitative estimate of drug-likeness (QED) is 0.0272. The van der Waals surface area contributed by atoms with E-state index in [1.807, 2.05) is 27.2 Å². The van der Waals surface area contributed by atoms with Crippen molar-refractivity contribution in [3.05, 3.63) is 48.6 Å². The Hall–Kier alpha value is -1.54. The van der Waals surface area contributed by atoms with E-state index in [0.29, 0.717) is 17.4 Å². The fourth-order valence-electron chi connectivity index (χ4n) is 9.16. The third-order valence-corrected chi connectivity index (χ3v) is 15.0. The van der Waals surface area contributed by atoms with Crippen LogP contribution in [-0.2, 0) is 18.4 Å². The first-order valence-electron chi connectivity index (χ1n) is 31.0. The monoisotopic (exact) mass is 1030 g/mol. The van der Waals surface area contributed by atoms with Crippen molar-refractivity contribution in [2.45, 2.75) is 309 Å². The van der Waals surface area contributed by atoms with E-state index in [1.165, 1.54) is 225 Å². The average molecular weight is 1030 g/mol. The molecule has 0 fully saturated rings. The van der Waals surface area contributed by atoms with Crippen LogP contribution < -0.4 is 10.2 Å². The Morgan fingerprint density at radius 3 is 1.17 bits per heavy atom. The summed E-state index contributed by atoms with van der Waals surface area (Å²) >= 11 is 0. The predicted molar refractivity (Wildman–Crippen MR) is 311 cm³/mol. The van der Waals surface area contributed by atoms with Crippen LogP contribution in [-0.4, -0.2) is 68.5 Å². The Balaban J connectivity index is 3.92. The van der Waals surface area contributed by atoms with Gasteiger partial charge in [-0.3, -0.25) is 9.36 Å². The van der Waals surface area contributed by atoms with Gasteiger partial charge in [-0.1, -0.05) is 281 Å². The van der Waals surface area contributed by atoms with E-state index in [1.54, 1.807) is 6.08 Å².